The fourth-order valence-corrected chi connectivity index (χ4v) is 4.84. The first-order valence-electron chi connectivity index (χ1n) is 13.1. The molecule has 1 amide bonds. The molecule has 0 saturated heterocycles. The van der Waals surface area contributed by atoms with Gasteiger partial charge in [0.15, 0.2) is 22.8 Å². The first-order valence-corrected chi connectivity index (χ1v) is 13.1. The number of carbonyl (C=O) groups is 1. The highest BCUT2D eigenvalue weighted by Crippen LogP contribution is 2.33. The fourth-order valence-electron chi connectivity index (χ4n) is 4.84. The minimum atomic E-state index is 0.0160. The van der Waals surface area contributed by atoms with Gasteiger partial charge in [0.2, 0.25) is 5.91 Å². The van der Waals surface area contributed by atoms with E-state index in [4.69, 9.17) is 19.7 Å². The van der Waals surface area contributed by atoms with Crippen molar-refractivity contribution in [2.24, 2.45) is 5.92 Å². The molecule has 10 nitrogen and oxygen atoms in total. The van der Waals surface area contributed by atoms with Gasteiger partial charge >= 0.3 is 0 Å². The highest BCUT2D eigenvalue weighted by Gasteiger charge is 2.30. The molecule has 40 heavy (non-hydrogen) atoms. The number of nitrogens with one attached hydrogen (secondary N) is 1. The number of hydrogen-bond acceptors (Lipinski definition) is 7. The van der Waals surface area contributed by atoms with Crippen molar-refractivity contribution in [3.63, 3.8) is 0 Å². The Morgan fingerprint density at radius 1 is 1.02 bits per heavy atom. The zero-order valence-electron chi connectivity index (χ0n) is 22.1. The number of anilines is 1. The van der Waals surface area contributed by atoms with Crippen molar-refractivity contribution < 1.29 is 9.53 Å². The molecule has 0 spiro atoms. The minimum absolute atomic E-state index is 0.0160. The van der Waals surface area contributed by atoms with Crippen molar-refractivity contribution in [3.8, 4) is 23.1 Å². The summed E-state index contributed by atoms with van der Waals surface area (Å²) in [4.78, 5) is 36.3. The number of aryl methyl sites for hydroxylation is 1. The van der Waals surface area contributed by atoms with E-state index >= 15 is 0 Å². The molecule has 0 unspecified atom stereocenters. The van der Waals surface area contributed by atoms with Gasteiger partial charge in [-0.1, -0.05) is 18.2 Å². The Morgan fingerprint density at radius 3 is 2.65 bits per heavy atom. The third kappa shape index (κ3) is 4.33. The average molecular weight is 531 g/mol. The van der Waals surface area contributed by atoms with Gasteiger partial charge in [0.25, 0.3) is 0 Å². The SMILES string of the molecule is COc1ccc(Cn2cnc3c(-n4ccc5c(NC(=O)C6CC6)nccc54)nc(-c4cccc(C)n4)nc32)cc1. The maximum absolute atomic E-state index is 12.5. The molecular weight excluding hydrogens is 504 g/mol. The number of nitrogens with zero attached hydrogens (tertiary/aromatic N) is 7. The van der Waals surface area contributed by atoms with E-state index in [1.807, 2.05) is 76.9 Å². The number of carbonyl (C=O) groups excluding carboxylic acids is 1. The normalized spacial score (nSPS) is 13.2. The quantitative estimate of drug-likeness (QED) is 0.311. The lowest BCUT2D eigenvalue weighted by Crippen LogP contribution is -2.14. The molecule has 1 aliphatic carbocycles. The van der Waals surface area contributed by atoms with Crippen LogP contribution in [0.5, 0.6) is 5.75 Å². The molecule has 10 heteroatoms. The molecule has 5 aromatic heterocycles. The number of aromatic nitrogens is 7. The molecule has 0 aliphatic heterocycles. The average Bonchev–Trinajstić information content (AvgIpc) is 3.63. The predicted octanol–water partition coefficient (Wildman–Crippen LogP) is 4.94. The van der Waals surface area contributed by atoms with Crippen molar-refractivity contribution in [1.29, 1.82) is 0 Å². The Kier molecular flexibility index (Phi) is 5.73. The highest BCUT2D eigenvalue weighted by molar-refractivity contribution is 6.02. The van der Waals surface area contributed by atoms with Gasteiger partial charge in [0.05, 0.1) is 25.5 Å². The Labute approximate surface area is 229 Å². The smallest absolute Gasteiger partial charge is 0.228 e. The van der Waals surface area contributed by atoms with E-state index in [0.29, 0.717) is 40.9 Å². The summed E-state index contributed by atoms with van der Waals surface area (Å²) in [5.74, 6) is 2.57. The van der Waals surface area contributed by atoms with E-state index in [2.05, 4.69) is 15.3 Å². The summed E-state index contributed by atoms with van der Waals surface area (Å²) in [6, 6.07) is 17.6. The Hall–Kier alpha value is -5.12. The minimum Gasteiger partial charge on any atom is -0.497 e. The van der Waals surface area contributed by atoms with E-state index in [1.165, 1.54) is 0 Å². The van der Waals surface area contributed by atoms with Crippen LogP contribution in [0.1, 0.15) is 24.1 Å². The molecule has 1 saturated carbocycles. The molecule has 5 heterocycles. The van der Waals surface area contributed by atoms with Crippen LogP contribution >= 0.6 is 0 Å². The number of rotatable bonds is 7. The lowest BCUT2D eigenvalue weighted by molar-refractivity contribution is -0.117. The van der Waals surface area contributed by atoms with Crippen LogP contribution in [-0.4, -0.2) is 47.1 Å². The molecule has 1 aliphatic rings. The second kappa shape index (κ2) is 9.57. The number of imidazole rings is 1. The number of amides is 1. The first-order chi connectivity index (χ1) is 19.6. The number of pyridine rings is 2. The second-order valence-electron chi connectivity index (χ2n) is 9.97. The fraction of sp³-hybridized carbons (Fsp3) is 0.200. The summed E-state index contributed by atoms with van der Waals surface area (Å²) >= 11 is 0. The number of benzene rings is 1. The molecule has 0 atom stereocenters. The van der Waals surface area contributed by atoms with Crippen LogP contribution in [0, 0.1) is 12.8 Å². The first kappa shape index (κ1) is 24.0. The van der Waals surface area contributed by atoms with Gasteiger partial charge in [-0.3, -0.25) is 9.36 Å². The zero-order valence-corrected chi connectivity index (χ0v) is 22.1. The van der Waals surface area contributed by atoms with Crippen molar-refractivity contribution >= 4 is 33.8 Å². The van der Waals surface area contributed by atoms with Crippen molar-refractivity contribution in [1.82, 2.24) is 34.1 Å². The largest absolute Gasteiger partial charge is 0.497 e. The molecule has 6 aromatic rings. The van der Waals surface area contributed by atoms with E-state index < -0.39 is 0 Å². The third-order valence-electron chi connectivity index (χ3n) is 7.11. The summed E-state index contributed by atoms with van der Waals surface area (Å²) < 4.78 is 9.29. The van der Waals surface area contributed by atoms with Crippen LogP contribution in [0.3, 0.4) is 0 Å². The molecule has 1 fully saturated rings. The Morgan fingerprint density at radius 2 is 1.88 bits per heavy atom. The molecule has 198 valence electrons. The summed E-state index contributed by atoms with van der Waals surface area (Å²) in [6.45, 7) is 2.52. The van der Waals surface area contributed by atoms with Crippen molar-refractivity contribution in [2.75, 3.05) is 12.4 Å². The summed E-state index contributed by atoms with van der Waals surface area (Å²) in [5, 5.41) is 3.83. The Balaban J connectivity index is 1.38. The summed E-state index contributed by atoms with van der Waals surface area (Å²) in [7, 11) is 1.66. The maximum atomic E-state index is 12.5. The van der Waals surface area contributed by atoms with E-state index in [-0.39, 0.29) is 11.8 Å². The van der Waals surface area contributed by atoms with Gasteiger partial charge in [-0.2, -0.15) is 0 Å². The number of hydrogen-bond donors (Lipinski definition) is 1. The third-order valence-corrected chi connectivity index (χ3v) is 7.11. The molecule has 0 bridgehead atoms. The van der Waals surface area contributed by atoms with Gasteiger partial charge in [0.1, 0.15) is 17.3 Å². The van der Waals surface area contributed by atoms with E-state index in [9.17, 15) is 4.79 Å². The van der Waals surface area contributed by atoms with Crippen LogP contribution in [-0.2, 0) is 11.3 Å². The molecular formula is C30H26N8O2. The Bertz CT molecular complexity index is 1890. The molecule has 7 rings (SSSR count). The van der Waals surface area contributed by atoms with E-state index in [0.717, 1.165) is 40.8 Å². The van der Waals surface area contributed by atoms with E-state index in [1.54, 1.807) is 19.6 Å². The number of ether oxygens (including phenoxy) is 1. The summed E-state index contributed by atoms with van der Waals surface area (Å²) in [6.07, 6.45) is 7.27. The van der Waals surface area contributed by atoms with Gasteiger partial charge < -0.3 is 14.6 Å². The topological polar surface area (TPSA) is 113 Å². The van der Waals surface area contributed by atoms with Crippen LogP contribution in [0.4, 0.5) is 5.82 Å². The van der Waals surface area contributed by atoms with Crippen molar-refractivity contribution in [2.45, 2.75) is 26.3 Å². The molecule has 1 N–H and O–H groups in total. The van der Waals surface area contributed by atoms with Crippen LogP contribution in [0.25, 0.3) is 39.4 Å². The van der Waals surface area contributed by atoms with Crippen molar-refractivity contribution in [3.05, 3.63) is 84.6 Å². The molecule has 0 radical (unpaired) electrons. The van der Waals surface area contributed by atoms with Gasteiger partial charge in [0, 0.05) is 29.4 Å². The maximum Gasteiger partial charge on any atom is 0.228 e. The molecule has 1 aromatic carbocycles. The van der Waals surface area contributed by atoms with Crippen LogP contribution in [0.15, 0.2) is 73.3 Å². The standard InChI is InChI=1S/C30H26N8O2/c1-18-4-3-5-23(33-18)27-34-28-25(32-17-37(28)16-19-6-10-21(40-2)11-7-19)29(35-27)38-15-13-22-24(38)12-14-31-26(22)36-30(39)20-8-9-20/h3-7,10-15,17,20H,8-9,16H2,1-2H3,(H,31,36,39). The monoisotopic (exact) mass is 530 g/mol. The van der Waals surface area contributed by atoms with Gasteiger partial charge in [-0.25, -0.2) is 24.9 Å². The lowest BCUT2D eigenvalue weighted by atomic mass is 10.2. The highest BCUT2D eigenvalue weighted by atomic mass is 16.5. The summed E-state index contributed by atoms with van der Waals surface area (Å²) in [5.41, 5.74) is 4.84. The van der Waals surface area contributed by atoms with Gasteiger partial charge in [-0.15, -0.1) is 0 Å². The van der Waals surface area contributed by atoms with Gasteiger partial charge in [-0.05, 0) is 61.7 Å². The lowest BCUT2D eigenvalue weighted by Gasteiger charge is -2.11. The number of methoxy groups -OCH3 is 1. The zero-order chi connectivity index (χ0) is 27.2. The van der Waals surface area contributed by atoms with Crippen LogP contribution in [0.2, 0.25) is 0 Å². The second-order valence-corrected chi connectivity index (χ2v) is 9.97. The number of fused-ring (bicyclic) bond motifs is 2. The predicted molar refractivity (Wildman–Crippen MR) is 151 cm³/mol. The van der Waals surface area contributed by atoms with Crippen LogP contribution < -0.4 is 10.1 Å².